The Labute approximate surface area is 182 Å². The first-order chi connectivity index (χ1) is 15.2. The van der Waals surface area contributed by atoms with Gasteiger partial charge in [-0.2, -0.15) is 0 Å². The molecule has 0 radical (unpaired) electrons. The second kappa shape index (κ2) is 7.95. The summed E-state index contributed by atoms with van der Waals surface area (Å²) in [5, 5.41) is 13.2. The molecule has 3 aromatic rings. The summed E-state index contributed by atoms with van der Waals surface area (Å²) in [5.74, 6) is -1.10. The van der Waals surface area contributed by atoms with Crippen molar-refractivity contribution in [3.63, 3.8) is 0 Å². The molecule has 0 saturated carbocycles. The van der Waals surface area contributed by atoms with Gasteiger partial charge in [-0.15, -0.1) is 0 Å². The van der Waals surface area contributed by atoms with E-state index in [2.05, 4.69) is 5.32 Å². The third-order valence-corrected chi connectivity index (χ3v) is 4.97. The molecule has 2 aromatic carbocycles. The first-order valence-electron chi connectivity index (χ1n) is 9.58. The highest BCUT2D eigenvalue weighted by Gasteiger charge is 2.37. The van der Waals surface area contributed by atoms with Gasteiger partial charge in [-0.05, 0) is 55.3 Å². The number of nitro benzene ring substituents is 1. The van der Waals surface area contributed by atoms with Gasteiger partial charge in [0, 0.05) is 17.7 Å². The minimum absolute atomic E-state index is 0.0870. The number of barbiturate groups is 1. The smallest absolute Gasteiger partial charge is 0.335 e. The van der Waals surface area contributed by atoms with Crippen LogP contribution < -0.4 is 10.2 Å². The van der Waals surface area contributed by atoms with Crippen molar-refractivity contribution in [1.82, 2.24) is 5.32 Å². The Hall–Kier alpha value is -4.53. The number of hydrogen-bond acceptors (Lipinski definition) is 6. The molecule has 0 bridgehead atoms. The molecule has 0 aliphatic carbocycles. The zero-order valence-corrected chi connectivity index (χ0v) is 17.1. The highest BCUT2D eigenvalue weighted by Crippen LogP contribution is 2.30. The average molecular weight is 431 g/mol. The number of furan rings is 1. The van der Waals surface area contributed by atoms with Crippen LogP contribution in [0.4, 0.5) is 16.2 Å². The lowest BCUT2D eigenvalue weighted by Gasteiger charge is -2.26. The number of anilines is 1. The topological polar surface area (TPSA) is 123 Å². The molecule has 4 amide bonds. The lowest BCUT2D eigenvalue weighted by atomic mass is 10.1. The van der Waals surface area contributed by atoms with E-state index in [0.717, 1.165) is 16.0 Å². The Morgan fingerprint density at radius 2 is 1.81 bits per heavy atom. The van der Waals surface area contributed by atoms with Gasteiger partial charge in [0.05, 0.1) is 10.6 Å². The third-order valence-electron chi connectivity index (χ3n) is 4.97. The Morgan fingerprint density at radius 1 is 1.03 bits per heavy atom. The van der Waals surface area contributed by atoms with E-state index in [1.807, 2.05) is 13.0 Å². The summed E-state index contributed by atoms with van der Waals surface area (Å²) in [5.41, 5.74) is 2.08. The molecule has 32 heavy (non-hydrogen) atoms. The van der Waals surface area contributed by atoms with Gasteiger partial charge in [0.25, 0.3) is 17.5 Å². The predicted octanol–water partition coefficient (Wildman–Crippen LogP) is 4.14. The number of rotatable bonds is 4. The lowest BCUT2D eigenvalue weighted by molar-refractivity contribution is -0.384. The Bertz CT molecular complexity index is 1320. The van der Waals surface area contributed by atoms with Crippen molar-refractivity contribution in [2.75, 3.05) is 4.90 Å². The number of imide groups is 2. The summed E-state index contributed by atoms with van der Waals surface area (Å²) in [7, 11) is 0. The molecule has 4 rings (SSSR count). The molecule has 1 fully saturated rings. The number of carbonyl (C=O) groups excluding carboxylic acids is 3. The Morgan fingerprint density at radius 3 is 2.53 bits per heavy atom. The van der Waals surface area contributed by atoms with E-state index >= 15 is 0 Å². The number of hydrogen-bond donors (Lipinski definition) is 1. The molecule has 2 heterocycles. The fourth-order valence-corrected chi connectivity index (χ4v) is 3.37. The second-order valence-corrected chi connectivity index (χ2v) is 7.26. The summed E-state index contributed by atoms with van der Waals surface area (Å²) >= 11 is 0. The predicted molar refractivity (Wildman–Crippen MR) is 116 cm³/mol. The van der Waals surface area contributed by atoms with E-state index in [1.165, 1.54) is 24.3 Å². The average Bonchev–Trinajstić information content (AvgIpc) is 3.19. The molecule has 160 valence electrons. The molecule has 1 aliphatic rings. The van der Waals surface area contributed by atoms with Crippen LogP contribution in [0.2, 0.25) is 0 Å². The van der Waals surface area contributed by atoms with E-state index in [1.54, 1.807) is 37.3 Å². The number of carbonyl (C=O) groups is 3. The molecular weight excluding hydrogens is 414 g/mol. The maximum absolute atomic E-state index is 13.0. The first kappa shape index (κ1) is 20.7. The largest absolute Gasteiger partial charge is 0.457 e. The van der Waals surface area contributed by atoms with Crippen molar-refractivity contribution >= 4 is 35.3 Å². The SMILES string of the molecule is Cc1cccc(N2C(=O)NC(=O)/C(=C/c3ccc(-c4cc([N+](=O)[O-])ccc4C)o3)C2=O)c1. The van der Waals surface area contributed by atoms with Gasteiger partial charge in [0.1, 0.15) is 17.1 Å². The fraction of sp³-hybridized carbons (Fsp3) is 0.0870. The van der Waals surface area contributed by atoms with E-state index in [9.17, 15) is 24.5 Å². The molecule has 1 aliphatic heterocycles. The summed E-state index contributed by atoms with van der Waals surface area (Å²) in [6.07, 6.45) is 1.24. The van der Waals surface area contributed by atoms with Gasteiger partial charge in [0.2, 0.25) is 0 Å². The maximum atomic E-state index is 13.0. The summed E-state index contributed by atoms with van der Waals surface area (Å²) in [4.78, 5) is 49.1. The number of nitro groups is 1. The Balaban J connectivity index is 1.70. The minimum atomic E-state index is -0.839. The van der Waals surface area contributed by atoms with Crippen LogP contribution in [0.5, 0.6) is 0 Å². The van der Waals surface area contributed by atoms with Gasteiger partial charge in [-0.3, -0.25) is 25.0 Å². The van der Waals surface area contributed by atoms with Crippen LogP contribution in [-0.4, -0.2) is 22.8 Å². The highest BCUT2D eigenvalue weighted by molar-refractivity contribution is 6.39. The second-order valence-electron chi connectivity index (χ2n) is 7.26. The number of amides is 4. The molecule has 9 nitrogen and oxygen atoms in total. The lowest BCUT2D eigenvalue weighted by Crippen LogP contribution is -2.54. The molecule has 9 heteroatoms. The van der Waals surface area contributed by atoms with Crippen molar-refractivity contribution in [3.05, 3.63) is 87.2 Å². The van der Waals surface area contributed by atoms with Gasteiger partial charge in [0.15, 0.2) is 0 Å². The maximum Gasteiger partial charge on any atom is 0.335 e. The van der Waals surface area contributed by atoms with Crippen molar-refractivity contribution in [2.45, 2.75) is 13.8 Å². The van der Waals surface area contributed by atoms with Crippen LogP contribution in [0.25, 0.3) is 17.4 Å². The number of non-ortho nitro benzene ring substituents is 1. The number of nitrogens with one attached hydrogen (secondary N) is 1. The van der Waals surface area contributed by atoms with E-state index < -0.39 is 22.8 Å². The van der Waals surface area contributed by atoms with E-state index in [0.29, 0.717) is 17.0 Å². The van der Waals surface area contributed by atoms with Crippen molar-refractivity contribution in [3.8, 4) is 11.3 Å². The van der Waals surface area contributed by atoms with Crippen molar-refractivity contribution in [2.24, 2.45) is 0 Å². The third kappa shape index (κ3) is 3.79. The summed E-state index contributed by atoms with van der Waals surface area (Å²) in [6.45, 7) is 3.60. The van der Waals surface area contributed by atoms with Crippen LogP contribution in [0.15, 0.2) is 64.6 Å². The number of aryl methyl sites for hydroxylation is 2. The van der Waals surface area contributed by atoms with Crippen LogP contribution in [0.1, 0.15) is 16.9 Å². The van der Waals surface area contributed by atoms with Crippen LogP contribution in [0, 0.1) is 24.0 Å². The zero-order chi connectivity index (χ0) is 23.0. The van der Waals surface area contributed by atoms with E-state index in [-0.39, 0.29) is 17.0 Å². The van der Waals surface area contributed by atoms with Gasteiger partial charge in [-0.1, -0.05) is 18.2 Å². The van der Waals surface area contributed by atoms with Gasteiger partial charge < -0.3 is 4.42 Å². The number of benzene rings is 2. The monoisotopic (exact) mass is 431 g/mol. The molecule has 0 atom stereocenters. The van der Waals surface area contributed by atoms with Crippen molar-refractivity contribution in [1.29, 1.82) is 0 Å². The number of nitrogens with zero attached hydrogens (tertiary/aromatic N) is 2. The summed E-state index contributed by atoms with van der Waals surface area (Å²) in [6, 6.07) is 13.4. The van der Waals surface area contributed by atoms with Crippen molar-refractivity contribution < 1.29 is 23.7 Å². The first-order valence-corrected chi connectivity index (χ1v) is 9.58. The standard InChI is InChI=1S/C23H17N3O6/c1-13-4-3-5-15(10-13)25-22(28)19(21(27)24-23(25)29)12-17-8-9-20(32-17)18-11-16(26(30)31)7-6-14(18)2/h3-12H,1-2H3,(H,24,27,29)/b19-12-. The molecule has 1 aromatic heterocycles. The molecule has 1 N–H and O–H groups in total. The zero-order valence-electron chi connectivity index (χ0n) is 17.1. The molecular formula is C23H17N3O6. The molecule has 1 saturated heterocycles. The van der Waals surface area contributed by atoms with Crippen LogP contribution in [-0.2, 0) is 9.59 Å². The number of urea groups is 1. The van der Waals surface area contributed by atoms with Crippen LogP contribution in [0.3, 0.4) is 0 Å². The van der Waals surface area contributed by atoms with E-state index in [4.69, 9.17) is 4.42 Å². The quantitative estimate of drug-likeness (QED) is 0.287. The Kier molecular flexibility index (Phi) is 5.15. The van der Waals surface area contributed by atoms with Gasteiger partial charge >= 0.3 is 6.03 Å². The van der Waals surface area contributed by atoms with Gasteiger partial charge in [-0.25, -0.2) is 9.69 Å². The summed E-state index contributed by atoms with van der Waals surface area (Å²) < 4.78 is 5.74. The molecule has 0 spiro atoms. The normalized spacial score (nSPS) is 15.2. The fourth-order valence-electron chi connectivity index (χ4n) is 3.37. The van der Waals surface area contributed by atoms with Crippen LogP contribution >= 0.6 is 0 Å². The molecule has 0 unspecified atom stereocenters. The highest BCUT2D eigenvalue weighted by atomic mass is 16.6. The minimum Gasteiger partial charge on any atom is -0.457 e.